The number of rotatable bonds is 3. The minimum atomic E-state index is -0.721. The van der Waals surface area contributed by atoms with Gasteiger partial charge in [-0.1, -0.05) is 11.6 Å². The van der Waals surface area contributed by atoms with Crippen LogP contribution in [0.3, 0.4) is 0 Å². The van der Waals surface area contributed by atoms with Gasteiger partial charge in [0.05, 0.1) is 16.8 Å². The van der Waals surface area contributed by atoms with Crippen molar-refractivity contribution in [2.45, 2.75) is 6.92 Å². The van der Waals surface area contributed by atoms with Crippen LogP contribution in [-0.4, -0.2) is 15.8 Å². The number of hydrogen-bond donors (Lipinski definition) is 1. The predicted octanol–water partition coefficient (Wildman–Crippen LogP) is 2.80. The molecule has 2 rings (SSSR count). The number of anilines is 1. The minimum Gasteiger partial charge on any atom is -0.395 e. The molecule has 1 N–H and O–H groups in total. The number of aromatic nitrogens is 1. The second-order valence-corrected chi connectivity index (χ2v) is 4.02. The van der Waals surface area contributed by atoms with Crippen LogP contribution < -0.4 is 5.32 Å². The van der Waals surface area contributed by atoms with Gasteiger partial charge in [-0.15, -0.1) is 0 Å². The van der Waals surface area contributed by atoms with E-state index in [0.29, 0.717) is 10.7 Å². The lowest BCUT2D eigenvalue weighted by Gasteiger charge is -2.03. The minimum absolute atomic E-state index is 0.166. The summed E-state index contributed by atoms with van der Waals surface area (Å²) in [5.74, 6) is -1.00. The number of carbonyl (C=O) groups is 1. The SMILES string of the molecule is Cc1nc(NC(=O)c2ccc([N+](=O)[O-])o2)ccc1Cl. The highest BCUT2D eigenvalue weighted by Crippen LogP contribution is 2.18. The third kappa shape index (κ3) is 2.89. The Balaban J connectivity index is 2.15. The van der Waals surface area contributed by atoms with E-state index in [2.05, 4.69) is 10.3 Å². The van der Waals surface area contributed by atoms with Gasteiger partial charge in [-0.25, -0.2) is 4.98 Å². The Morgan fingerprint density at radius 3 is 2.74 bits per heavy atom. The topological polar surface area (TPSA) is 98.3 Å². The number of aryl methyl sites for hydroxylation is 1. The molecule has 0 aromatic carbocycles. The molecular formula is C11H8ClN3O4. The first kappa shape index (κ1) is 13.0. The summed E-state index contributed by atoms with van der Waals surface area (Å²) < 4.78 is 4.77. The number of halogens is 1. The Morgan fingerprint density at radius 1 is 1.42 bits per heavy atom. The molecule has 7 nitrogen and oxygen atoms in total. The molecule has 2 aromatic heterocycles. The van der Waals surface area contributed by atoms with E-state index < -0.39 is 16.7 Å². The Labute approximate surface area is 112 Å². The van der Waals surface area contributed by atoms with E-state index in [4.69, 9.17) is 16.0 Å². The largest absolute Gasteiger partial charge is 0.433 e. The summed E-state index contributed by atoms with van der Waals surface area (Å²) in [6.45, 7) is 1.69. The van der Waals surface area contributed by atoms with Crippen LogP contribution in [0.1, 0.15) is 16.2 Å². The van der Waals surface area contributed by atoms with Crippen molar-refractivity contribution in [3.8, 4) is 0 Å². The van der Waals surface area contributed by atoms with Crippen LogP contribution in [0.25, 0.3) is 0 Å². The lowest BCUT2D eigenvalue weighted by molar-refractivity contribution is -0.402. The van der Waals surface area contributed by atoms with Crippen molar-refractivity contribution in [1.82, 2.24) is 4.98 Å². The zero-order chi connectivity index (χ0) is 14.0. The van der Waals surface area contributed by atoms with Crippen LogP contribution in [-0.2, 0) is 0 Å². The van der Waals surface area contributed by atoms with E-state index in [1.807, 2.05) is 0 Å². The van der Waals surface area contributed by atoms with Crippen molar-refractivity contribution in [1.29, 1.82) is 0 Å². The third-order valence-electron chi connectivity index (χ3n) is 2.26. The smallest absolute Gasteiger partial charge is 0.395 e. The van der Waals surface area contributed by atoms with Gasteiger partial charge in [0, 0.05) is 0 Å². The van der Waals surface area contributed by atoms with Gasteiger partial charge in [-0.05, 0) is 25.1 Å². The van der Waals surface area contributed by atoms with E-state index in [-0.39, 0.29) is 11.6 Å². The quantitative estimate of drug-likeness (QED) is 0.689. The number of nitrogens with one attached hydrogen (secondary N) is 1. The second-order valence-electron chi connectivity index (χ2n) is 3.61. The van der Waals surface area contributed by atoms with E-state index in [1.54, 1.807) is 13.0 Å². The molecule has 8 heteroatoms. The second kappa shape index (κ2) is 5.07. The van der Waals surface area contributed by atoms with Crippen LogP contribution in [0, 0.1) is 17.0 Å². The molecule has 0 unspecified atom stereocenters. The lowest BCUT2D eigenvalue weighted by Crippen LogP contribution is -2.12. The molecule has 98 valence electrons. The molecular weight excluding hydrogens is 274 g/mol. The van der Waals surface area contributed by atoms with E-state index in [0.717, 1.165) is 6.07 Å². The standard InChI is InChI=1S/C11H8ClN3O4/c1-6-7(12)2-4-9(13-6)14-11(16)8-3-5-10(19-8)15(17)18/h2-5H,1H3,(H,13,14,16). The maximum atomic E-state index is 11.7. The zero-order valence-electron chi connectivity index (χ0n) is 9.71. The molecule has 1 amide bonds. The maximum Gasteiger partial charge on any atom is 0.433 e. The van der Waals surface area contributed by atoms with Gasteiger partial charge in [0.2, 0.25) is 0 Å². The molecule has 2 heterocycles. The first-order chi connectivity index (χ1) is 8.97. The normalized spacial score (nSPS) is 10.2. The summed E-state index contributed by atoms with van der Waals surface area (Å²) in [5.41, 5.74) is 0.560. The van der Waals surface area contributed by atoms with E-state index in [9.17, 15) is 14.9 Å². The molecule has 0 aliphatic heterocycles. The average Bonchev–Trinajstić information content (AvgIpc) is 2.83. The molecule has 0 aliphatic rings. The predicted molar refractivity (Wildman–Crippen MR) is 67.3 cm³/mol. The van der Waals surface area contributed by atoms with Gasteiger partial charge in [0.1, 0.15) is 10.7 Å². The van der Waals surface area contributed by atoms with Crippen molar-refractivity contribution in [2.75, 3.05) is 5.32 Å². The summed E-state index contributed by atoms with van der Waals surface area (Å²) in [5, 5.41) is 13.4. The summed E-state index contributed by atoms with van der Waals surface area (Å²) in [6, 6.07) is 5.43. The molecule has 19 heavy (non-hydrogen) atoms. The number of hydrogen-bond acceptors (Lipinski definition) is 5. The van der Waals surface area contributed by atoms with Crippen LogP contribution in [0.15, 0.2) is 28.7 Å². The van der Waals surface area contributed by atoms with Crippen molar-refractivity contribution < 1.29 is 14.1 Å². The molecule has 0 aliphatic carbocycles. The van der Waals surface area contributed by atoms with Crippen LogP contribution in [0.5, 0.6) is 0 Å². The fraction of sp³-hybridized carbons (Fsp3) is 0.0909. The lowest BCUT2D eigenvalue weighted by atomic mass is 10.3. The Bertz CT molecular complexity index is 653. The molecule has 0 bridgehead atoms. The average molecular weight is 282 g/mol. The fourth-order valence-corrected chi connectivity index (χ4v) is 1.44. The molecule has 0 saturated carbocycles. The molecule has 0 radical (unpaired) electrons. The van der Waals surface area contributed by atoms with Gasteiger partial charge in [-0.3, -0.25) is 14.9 Å². The van der Waals surface area contributed by atoms with Gasteiger partial charge >= 0.3 is 5.88 Å². The van der Waals surface area contributed by atoms with Crippen LogP contribution >= 0.6 is 11.6 Å². The van der Waals surface area contributed by atoms with Crippen molar-refractivity contribution in [3.05, 3.63) is 50.9 Å². The summed E-state index contributed by atoms with van der Waals surface area (Å²) in [7, 11) is 0. The Hall–Kier alpha value is -2.41. The van der Waals surface area contributed by atoms with Crippen molar-refractivity contribution in [3.63, 3.8) is 0 Å². The third-order valence-corrected chi connectivity index (χ3v) is 2.66. The highest BCUT2D eigenvalue weighted by molar-refractivity contribution is 6.31. The first-order valence-electron chi connectivity index (χ1n) is 5.16. The molecule has 0 fully saturated rings. The summed E-state index contributed by atoms with van der Waals surface area (Å²) in [6.07, 6.45) is 0. The van der Waals surface area contributed by atoms with Gasteiger partial charge < -0.3 is 9.73 Å². The highest BCUT2D eigenvalue weighted by Gasteiger charge is 2.17. The molecule has 0 saturated heterocycles. The van der Waals surface area contributed by atoms with Gasteiger partial charge in [0.15, 0.2) is 5.76 Å². The zero-order valence-corrected chi connectivity index (χ0v) is 10.5. The summed E-state index contributed by atoms with van der Waals surface area (Å²) in [4.78, 5) is 25.5. The Morgan fingerprint density at radius 2 is 2.16 bits per heavy atom. The van der Waals surface area contributed by atoms with E-state index in [1.165, 1.54) is 12.1 Å². The number of furan rings is 1. The molecule has 2 aromatic rings. The molecule has 0 spiro atoms. The van der Waals surface area contributed by atoms with Crippen molar-refractivity contribution >= 4 is 29.2 Å². The monoisotopic (exact) mass is 281 g/mol. The van der Waals surface area contributed by atoms with Gasteiger partial charge in [0.25, 0.3) is 5.91 Å². The number of amides is 1. The van der Waals surface area contributed by atoms with Crippen molar-refractivity contribution in [2.24, 2.45) is 0 Å². The number of nitro groups is 1. The summed E-state index contributed by atoms with van der Waals surface area (Å²) >= 11 is 5.80. The number of pyridine rings is 1. The van der Waals surface area contributed by atoms with Crippen LogP contribution in [0.2, 0.25) is 5.02 Å². The van der Waals surface area contributed by atoms with Crippen LogP contribution in [0.4, 0.5) is 11.7 Å². The highest BCUT2D eigenvalue weighted by atomic mass is 35.5. The number of nitrogens with zero attached hydrogens (tertiary/aromatic N) is 2. The maximum absolute atomic E-state index is 11.7. The first-order valence-corrected chi connectivity index (χ1v) is 5.54. The van der Waals surface area contributed by atoms with E-state index >= 15 is 0 Å². The molecule has 0 atom stereocenters. The fourth-order valence-electron chi connectivity index (χ4n) is 1.34. The number of carbonyl (C=O) groups excluding carboxylic acids is 1. The van der Waals surface area contributed by atoms with Gasteiger partial charge in [-0.2, -0.15) is 0 Å². The Kier molecular flexibility index (Phi) is 3.48.